The van der Waals surface area contributed by atoms with Gasteiger partial charge in [-0.2, -0.15) is 5.10 Å². The van der Waals surface area contributed by atoms with Gasteiger partial charge in [0.15, 0.2) is 5.82 Å². The molecule has 3 aromatic carbocycles. The number of hydrogen-bond acceptors (Lipinski definition) is 3. The fourth-order valence-electron chi connectivity index (χ4n) is 6.22. The monoisotopic (exact) mass is 537 g/mol. The standard InChI is InChI=1S/C32H32FN5O2/c1-20-26-7-3-2-6-21(26)12-15-37(20)31(39)23-16-24-19-38(35-30(24)27(17-23)22-8-9-22)29-11-10-25(18-28(29)33)34-32(40)36-13-4-5-14-36/h2-3,6-7,10-11,16-20,22H,4-5,8-9,12-15H2,1H3,(H,34,40). The Balaban J connectivity index is 1.19. The summed E-state index contributed by atoms with van der Waals surface area (Å²) in [5, 5.41) is 8.39. The lowest BCUT2D eigenvalue weighted by Crippen LogP contribution is -2.38. The molecule has 1 aromatic heterocycles. The summed E-state index contributed by atoms with van der Waals surface area (Å²) in [6.07, 6.45) is 6.76. The van der Waals surface area contributed by atoms with E-state index >= 15 is 4.39 Å². The van der Waals surface area contributed by atoms with Crippen LogP contribution in [0.4, 0.5) is 14.9 Å². The average Bonchev–Trinajstić information content (AvgIpc) is 3.47. The van der Waals surface area contributed by atoms with Gasteiger partial charge in [-0.15, -0.1) is 0 Å². The van der Waals surface area contributed by atoms with Crippen molar-refractivity contribution in [3.8, 4) is 5.69 Å². The van der Waals surface area contributed by atoms with E-state index < -0.39 is 5.82 Å². The Kier molecular flexibility index (Phi) is 6.06. The molecule has 3 aliphatic rings. The Labute approximate surface area is 232 Å². The van der Waals surface area contributed by atoms with Crippen LogP contribution in [-0.2, 0) is 6.42 Å². The second kappa shape index (κ2) is 9.77. The van der Waals surface area contributed by atoms with Crippen molar-refractivity contribution in [2.75, 3.05) is 25.0 Å². The molecule has 0 bridgehead atoms. The molecular weight excluding hydrogens is 505 g/mol. The third-order valence-electron chi connectivity index (χ3n) is 8.60. The van der Waals surface area contributed by atoms with Crippen LogP contribution >= 0.6 is 0 Å². The topological polar surface area (TPSA) is 70.5 Å². The molecule has 3 amide bonds. The van der Waals surface area contributed by atoms with Gasteiger partial charge in [0, 0.05) is 42.5 Å². The van der Waals surface area contributed by atoms with Gasteiger partial charge in [0.25, 0.3) is 5.91 Å². The summed E-state index contributed by atoms with van der Waals surface area (Å²) in [6.45, 7) is 4.22. The van der Waals surface area contributed by atoms with E-state index in [1.165, 1.54) is 17.2 Å². The molecule has 204 valence electrons. The van der Waals surface area contributed by atoms with E-state index in [9.17, 15) is 9.59 Å². The Morgan fingerprint density at radius 1 is 0.975 bits per heavy atom. The molecule has 0 spiro atoms. The van der Waals surface area contributed by atoms with Crippen molar-refractivity contribution in [3.05, 3.63) is 88.9 Å². The van der Waals surface area contributed by atoms with E-state index in [1.54, 1.807) is 27.9 Å². The fraction of sp³-hybridized carbons (Fsp3) is 0.344. The Hall–Kier alpha value is -4.20. The van der Waals surface area contributed by atoms with Gasteiger partial charge in [-0.3, -0.25) is 4.79 Å². The zero-order valence-corrected chi connectivity index (χ0v) is 22.6. The Morgan fingerprint density at radius 2 is 1.77 bits per heavy atom. The van der Waals surface area contributed by atoms with Crippen LogP contribution in [0.3, 0.4) is 0 Å². The number of anilines is 1. The largest absolute Gasteiger partial charge is 0.332 e. The van der Waals surface area contributed by atoms with Gasteiger partial charge < -0.3 is 15.1 Å². The number of aromatic nitrogens is 2. The molecular formula is C32H32FN5O2. The molecule has 3 heterocycles. The number of urea groups is 1. The summed E-state index contributed by atoms with van der Waals surface area (Å²) < 4.78 is 16.8. The van der Waals surface area contributed by atoms with Gasteiger partial charge in [0.05, 0.1) is 11.6 Å². The van der Waals surface area contributed by atoms with Crippen LogP contribution < -0.4 is 5.32 Å². The van der Waals surface area contributed by atoms with Crippen LogP contribution in [0.5, 0.6) is 0 Å². The Morgan fingerprint density at radius 3 is 2.55 bits per heavy atom. The highest BCUT2D eigenvalue weighted by Gasteiger charge is 2.32. The molecule has 1 aliphatic carbocycles. The number of carbonyl (C=O) groups is 2. The van der Waals surface area contributed by atoms with Crippen molar-refractivity contribution < 1.29 is 14.0 Å². The molecule has 1 atom stereocenters. The van der Waals surface area contributed by atoms with E-state index in [4.69, 9.17) is 5.10 Å². The van der Waals surface area contributed by atoms with Gasteiger partial charge >= 0.3 is 6.03 Å². The number of nitrogens with one attached hydrogen (secondary N) is 1. The van der Waals surface area contributed by atoms with E-state index in [1.807, 2.05) is 23.1 Å². The van der Waals surface area contributed by atoms with Crippen molar-refractivity contribution in [3.63, 3.8) is 0 Å². The molecule has 1 unspecified atom stereocenters. The zero-order valence-electron chi connectivity index (χ0n) is 22.6. The number of nitrogens with zero attached hydrogens (tertiary/aromatic N) is 4. The summed E-state index contributed by atoms with van der Waals surface area (Å²) in [5.74, 6) is -0.0916. The number of amides is 3. The molecule has 1 saturated carbocycles. The van der Waals surface area contributed by atoms with Gasteiger partial charge in [-0.25, -0.2) is 13.9 Å². The molecule has 2 aliphatic heterocycles. The number of fused-ring (bicyclic) bond motifs is 2. The second-order valence-corrected chi connectivity index (χ2v) is 11.3. The highest BCUT2D eigenvalue weighted by Crippen LogP contribution is 2.44. The van der Waals surface area contributed by atoms with E-state index in [0.717, 1.165) is 61.7 Å². The lowest BCUT2D eigenvalue weighted by Gasteiger charge is -2.35. The first kappa shape index (κ1) is 24.8. The number of halogens is 1. The van der Waals surface area contributed by atoms with Crippen LogP contribution in [0.15, 0.2) is 60.8 Å². The molecule has 1 N–H and O–H groups in total. The van der Waals surface area contributed by atoms with E-state index in [-0.39, 0.29) is 18.0 Å². The summed E-state index contributed by atoms with van der Waals surface area (Å²) in [6, 6.07) is 16.7. The van der Waals surface area contributed by atoms with Gasteiger partial charge in [0.2, 0.25) is 0 Å². The number of rotatable bonds is 4. The number of hydrogen-bond donors (Lipinski definition) is 1. The minimum Gasteiger partial charge on any atom is -0.332 e. The summed E-state index contributed by atoms with van der Waals surface area (Å²) in [5.41, 5.74) is 5.74. The maximum atomic E-state index is 15.3. The normalized spacial score (nSPS) is 18.7. The first-order chi connectivity index (χ1) is 19.5. The van der Waals surface area contributed by atoms with Crippen LogP contribution in [0, 0.1) is 5.82 Å². The molecule has 4 aromatic rings. The van der Waals surface area contributed by atoms with Crippen molar-refractivity contribution in [2.45, 2.75) is 51.0 Å². The summed E-state index contributed by atoms with van der Waals surface area (Å²) in [7, 11) is 0. The lowest BCUT2D eigenvalue weighted by molar-refractivity contribution is 0.0677. The summed E-state index contributed by atoms with van der Waals surface area (Å²) >= 11 is 0. The van der Waals surface area contributed by atoms with Gasteiger partial charge in [0.1, 0.15) is 5.69 Å². The first-order valence-electron chi connectivity index (χ1n) is 14.2. The smallest absolute Gasteiger partial charge is 0.321 e. The van der Waals surface area contributed by atoms with Gasteiger partial charge in [-0.1, -0.05) is 24.3 Å². The SMILES string of the molecule is CC1c2ccccc2CCN1C(=O)c1cc(C2CC2)c2nn(-c3ccc(NC(=O)N4CCCC4)cc3F)cc2c1. The molecule has 8 heteroatoms. The maximum absolute atomic E-state index is 15.3. The molecule has 2 fully saturated rings. The maximum Gasteiger partial charge on any atom is 0.321 e. The number of carbonyl (C=O) groups excluding carboxylic acids is 2. The minimum atomic E-state index is -0.475. The predicted octanol–water partition coefficient (Wildman–Crippen LogP) is 6.43. The quantitative estimate of drug-likeness (QED) is 0.326. The van der Waals surface area contributed by atoms with Crippen LogP contribution in [-0.4, -0.2) is 51.2 Å². The second-order valence-electron chi connectivity index (χ2n) is 11.3. The highest BCUT2D eigenvalue weighted by molar-refractivity contribution is 5.99. The molecule has 0 radical (unpaired) electrons. The fourth-order valence-corrected chi connectivity index (χ4v) is 6.22. The van der Waals surface area contributed by atoms with E-state index in [0.29, 0.717) is 29.4 Å². The zero-order chi connectivity index (χ0) is 27.4. The summed E-state index contributed by atoms with van der Waals surface area (Å²) in [4.78, 5) is 29.9. The van der Waals surface area contributed by atoms with Gasteiger partial charge in [-0.05, 0) is 92.0 Å². The average molecular weight is 538 g/mol. The van der Waals surface area contributed by atoms with Crippen LogP contribution in [0.2, 0.25) is 0 Å². The third kappa shape index (κ3) is 4.41. The number of benzene rings is 3. The minimum absolute atomic E-state index is 0.00110. The molecule has 40 heavy (non-hydrogen) atoms. The van der Waals surface area contributed by atoms with E-state index in [2.05, 4.69) is 30.4 Å². The Bertz CT molecular complexity index is 1640. The molecule has 7 rings (SSSR count). The van der Waals surface area contributed by atoms with Crippen LogP contribution in [0.1, 0.15) is 71.6 Å². The highest BCUT2D eigenvalue weighted by atomic mass is 19.1. The molecule has 7 nitrogen and oxygen atoms in total. The third-order valence-corrected chi connectivity index (χ3v) is 8.60. The van der Waals surface area contributed by atoms with Crippen molar-refractivity contribution in [1.82, 2.24) is 19.6 Å². The predicted molar refractivity (Wildman–Crippen MR) is 152 cm³/mol. The number of likely N-dealkylation sites (tertiary alicyclic amines) is 1. The van der Waals surface area contributed by atoms with Crippen LogP contribution in [0.25, 0.3) is 16.6 Å². The van der Waals surface area contributed by atoms with Crippen molar-refractivity contribution in [1.29, 1.82) is 0 Å². The van der Waals surface area contributed by atoms with Crippen molar-refractivity contribution in [2.24, 2.45) is 0 Å². The molecule has 1 saturated heterocycles. The lowest BCUT2D eigenvalue weighted by atomic mass is 9.92. The first-order valence-corrected chi connectivity index (χ1v) is 14.2. The van der Waals surface area contributed by atoms with Crippen molar-refractivity contribution >= 4 is 28.5 Å².